The van der Waals surface area contributed by atoms with Gasteiger partial charge in [-0.15, -0.1) is 0 Å². The quantitative estimate of drug-likeness (QED) is 0.230. The van der Waals surface area contributed by atoms with Crippen LogP contribution in [0.25, 0.3) is 23.0 Å². The second kappa shape index (κ2) is 10.6. The molecule has 0 N–H and O–H groups in total. The van der Waals surface area contributed by atoms with Gasteiger partial charge in [0, 0.05) is 23.9 Å². The molecule has 1 atom stereocenters. The van der Waals surface area contributed by atoms with Crippen molar-refractivity contribution in [1.82, 2.24) is 14.7 Å². The second-order valence-electron chi connectivity index (χ2n) is 8.26. The van der Waals surface area contributed by atoms with Crippen molar-refractivity contribution in [3.05, 3.63) is 83.9 Å². The number of ether oxygens (including phenoxy) is 2. The molecule has 0 spiro atoms. The van der Waals surface area contributed by atoms with E-state index in [4.69, 9.17) is 26.8 Å². The molecule has 5 rings (SSSR count). The van der Waals surface area contributed by atoms with E-state index < -0.39 is 0 Å². The zero-order valence-electron chi connectivity index (χ0n) is 19.1. The number of nitrogens with zero attached hydrogens (tertiary/aromatic N) is 3. The van der Waals surface area contributed by atoms with E-state index in [1.807, 2.05) is 71.6 Å². The first-order valence-electron chi connectivity index (χ1n) is 11.5. The number of benzene rings is 2. The number of aromatic nitrogens is 2. The van der Waals surface area contributed by atoms with Crippen molar-refractivity contribution in [3.8, 4) is 22.7 Å². The lowest BCUT2D eigenvalue weighted by Gasteiger charge is -2.18. The minimum absolute atomic E-state index is 0.0510. The van der Waals surface area contributed by atoms with Crippen LogP contribution >= 0.6 is 24.0 Å². The Morgan fingerprint density at radius 2 is 2.00 bits per heavy atom. The normalized spacial score (nSPS) is 19.0. The van der Waals surface area contributed by atoms with Gasteiger partial charge in [-0.1, -0.05) is 54.8 Å². The second-order valence-corrected chi connectivity index (χ2v) is 9.94. The first-order chi connectivity index (χ1) is 17.1. The molecule has 2 fully saturated rings. The van der Waals surface area contributed by atoms with Crippen molar-refractivity contribution in [1.29, 1.82) is 0 Å². The molecule has 1 aromatic heterocycles. The van der Waals surface area contributed by atoms with E-state index >= 15 is 0 Å². The van der Waals surface area contributed by atoms with Gasteiger partial charge in [0.2, 0.25) is 0 Å². The maximum absolute atomic E-state index is 13.2. The van der Waals surface area contributed by atoms with Crippen molar-refractivity contribution in [2.24, 2.45) is 0 Å². The molecule has 1 amide bonds. The molecule has 0 unspecified atom stereocenters. The summed E-state index contributed by atoms with van der Waals surface area (Å²) in [5.41, 5.74) is 3.47. The standard InChI is InChI=1S/C27H25N3O3S2/c1-2-14-32-22-12-10-19(11-13-22)25-20(17-30(28-25)21-7-4-3-5-8-21)16-24-26(31)29(27(34)35-24)18-23-9-6-15-33-23/h2-5,7-8,10-13,16-17,23H,1,6,9,14-15,18H2/b24-16-/t23-/m0/s1. The highest BCUT2D eigenvalue weighted by Gasteiger charge is 2.35. The number of thiocarbonyl (C=S) groups is 1. The molecular formula is C27H25N3O3S2. The molecule has 0 aliphatic carbocycles. The average Bonchev–Trinajstić information content (AvgIpc) is 3.61. The zero-order chi connectivity index (χ0) is 24.2. The Kier molecular flexibility index (Phi) is 7.13. The van der Waals surface area contributed by atoms with E-state index in [1.54, 1.807) is 11.0 Å². The summed E-state index contributed by atoms with van der Waals surface area (Å²) in [4.78, 5) is 15.5. The van der Waals surface area contributed by atoms with E-state index in [9.17, 15) is 4.79 Å². The average molecular weight is 504 g/mol. The molecule has 2 aliphatic rings. The van der Waals surface area contributed by atoms with Gasteiger partial charge in [-0.2, -0.15) is 5.10 Å². The Balaban J connectivity index is 1.48. The third-order valence-electron chi connectivity index (χ3n) is 5.83. The number of rotatable bonds is 8. The number of carbonyl (C=O) groups excluding carboxylic acids is 1. The number of thioether (sulfide) groups is 1. The summed E-state index contributed by atoms with van der Waals surface area (Å²) in [7, 11) is 0. The predicted octanol–water partition coefficient (Wildman–Crippen LogP) is 5.48. The fourth-order valence-electron chi connectivity index (χ4n) is 4.09. The molecule has 3 aromatic rings. The third kappa shape index (κ3) is 5.24. The van der Waals surface area contributed by atoms with Crippen LogP contribution in [0.5, 0.6) is 5.75 Å². The molecule has 6 nitrogen and oxygen atoms in total. The molecule has 35 heavy (non-hydrogen) atoms. The smallest absolute Gasteiger partial charge is 0.266 e. The highest BCUT2D eigenvalue weighted by molar-refractivity contribution is 8.26. The van der Waals surface area contributed by atoms with Crippen LogP contribution in [0.4, 0.5) is 0 Å². The van der Waals surface area contributed by atoms with Gasteiger partial charge >= 0.3 is 0 Å². The lowest BCUT2D eigenvalue weighted by Crippen LogP contribution is -2.35. The Labute approximate surface area is 214 Å². The van der Waals surface area contributed by atoms with Crippen molar-refractivity contribution >= 4 is 40.3 Å². The van der Waals surface area contributed by atoms with E-state index in [2.05, 4.69) is 6.58 Å². The van der Waals surface area contributed by atoms with Crippen LogP contribution in [0.3, 0.4) is 0 Å². The molecular weight excluding hydrogens is 478 g/mol. The van der Waals surface area contributed by atoms with Gasteiger partial charge in [-0.25, -0.2) is 4.68 Å². The SMILES string of the molecule is C=CCOc1ccc(-c2nn(-c3ccccc3)cc2/C=C2\SC(=S)N(C[C@@H]3CCCO3)C2=O)cc1. The van der Waals surface area contributed by atoms with E-state index in [0.29, 0.717) is 22.4 Å². The largest absolute Gasteiger partial charge is 0.490 e. The maximum atomic E-state index is 13.2. The molecule has 2 saturated heterocycles. The Morgan fingerprint density at radius 3 is 2.71 bits per heavy atom. The van der Waals surface area contributed by atoms with Gasteiger partial charge in [-0.05, 0) is 55.3 Å². The number of amides is 1. The van der Waals surface area contributed by atoms with Gasteiger partial charge in [-0.3, -0.25) is 9.69 Å². The van der Waals surface area contributed by atoms with Crippen LogP contribution in [-0.2, 0) is 9.53 Å². The number of carbonyl (C=O) groups is 1. The van der Waals surface area contributed by atoms with E-state index in [1.165, 1.54) is 11.8 Å². The maximum Gasteiger partial charge on any atom is 0.266 e. The molecule has 178 valence electrons. The van der Waals surface area contributed by atoms with E-state index in [0.717, 1.165) is 47.7 Å². The Morgan fingerprint density at radius 1 is 1.20 bits per heavy atom. The van der Waals surface area contributed by atoms with Crippen LogP contribution in [0.1, 0.15) is 18.4 Å². The van der Waals surface area contributed by atoms with E-state index in [-0.39, 0.29) is 12.0 Å². The first kappa shape index (κ1) is 23.5. The van der Waals surface area contributed by atoms with Gasteiger partial charge in [0.25, 0.3) is 5.91 Å². The molecule has 2 aromatic carbocycles. The molecule has 8 heteroatoms. The molecule has 3 heterocycles. The van der Waals surface area contributed by atoms with Gasteiger partial charge < -0.3 is 9.47 Å². The summed E-state index contributed by atoms with van der Waals surface area (Å²) in [6.45, 7) is 5.38. The highest BCUT2D eigenvalue weighted by Crippen LogP contribution is 2.36. The summed E-state index contributed by atoms with van der Waals surface area (Å²) < 4.78 is 13.7. The minimum Gasteiger partial charge on any atom is -0.490 e. The molecule has 0 saturated carbocycles. The lowest BCUT2D eigenvalue weighted by atomic mass is 10.1. The van der Waals surface area contributed by atoms with Crippen LogP contribution in [-0.4, -0.2) is 50.8 Å². The zero-order valence-corrected chi connectivity index (χ0v) is 20.8. The predicted molar refractivity (Wildman–Crippen MR) is 144 cm³/mol. The van der Waals surface area contributed by atoms with Crippen LogP contribution in [0.15, 0.2) is 78.4 Å². The fraction of sp³-hybridized carbons (Fsp3) is 0.222. The molecule has 0 radical (unpaired) electrons. The number of hydrogen-bond acceptors (Lipinski definition) is 6. The monoisotopic (exact) mass is 503 g/mol. The van der Waals surface area contributed by atoms with Crippen LogP contribution < -0.4 is 4.74 Å². The molecule has 0 bridgehead atoms. The number of para-hydroxylation sites is 1. The first-order valence-corrected chi connectivity index (χ1v) is 12.7. The molecule has 2 aliphatic heterocycles. The Hall–Kier alpha value is -3.20. The van der Waals surface area contributed by atoms with Crippen molar-refractivity contribution < 1.29 is 14.3 Å². The third-order valence-corrected chi connectivity index (χ3v) is 7.21. The Bertz CT molecular complexity index is 1260. The number of hydrogen-bond donors (Lipinski definition) is 0. The fourth-order valence-corrected chi connectivity index (χ4v) is 5.35. The van der Waals surface area contributed by atoms with Crippen LogP contribution in [0.2, 0.25) is 0 Å². The van der Waals surface area contributed by atoms with Gasteiger partial charge in [0.15, 0.2) is 0 Å². The summed E-state index contributed by atoms with van der Waals surface area (Å²) in [5, 5.41) is 4.86. The summed E-state index contributed by atoms with van der Waals surface area (Å²) in [6.07, 6.45) is 7.57. The van der Waals surface area contributed by atoms with Crippen molar-refractivity contribution in [2.45, 2.75) is 18.9 Å². The van der Waals surface area contributed by atoms with Crippen LogP contribution in [0, 0.1) is 0 Å². The topological polar surface area (TPSA) is 56.6 Å². The van der Waals surface area contributed by atoms with Gasteiger partial charge in [0.05, 0.1) is 28.9 Å². The van der Waals surface area contributed by atoms with Gasteiger partial charge in [0.1, 0.15) is 16.7 Å². The summed E-state index contributed by atoms with van der Waals surface area (Å²) in [5.74, 6) is 0.676. The summed E-state index contributed by atoms with van der Waals surface area (Å²) in [6, 6.07) is 17.6. The van der Waals surface area contributed by atoms with Crippen molar-refractivity contribution in [3.63, 3.8) is 0 Å². The summed E-state index contributed by atoms with van der Waals surface area (Å²) >= 11 is 6.86. The lowest BCUT2D eigenvalue weighted by molar-refractivity contribution is -0.123. The highest BCUT2D eigenvalue weighted by atomic mass is 32.2. The minimum atomic E-state index is -0.0814. The van der Waals surface area contributed by atoms with Crippen molar-refractivity contribution in [2.75, 3.05) is 19.8 Å².